The van der Waals surface area contributed by atoms with E-state index in [0.717, 1.165) is 60.2 Å². The van der Waals surface area contributed by atoms with E-state index in [1.807, 2.05) is 57.5 Å². The summed E-state index contributed by atoms with van der Waals surface area (Å²) in [5.74, 6) is -2.17. The van der Waals surface area contributed by atoms with E-state index < -0.39 is 5.92 Å². The smallest absolute Gasteiger partial charge is 0.286 e. The van der Waals surface area contributed by atoms with E-state index >= 15 is 0 Å². The van der Waals surface area contributed by atoms with Crippen LogP contribution in [0.3, 0.4) is 0 Å². The maximum Gasteiger partial charge on any atom is 0.286 e. The van der Waals surface area contributed by atoms with Gasteiger partial charge in [0.1, 0.15) is 5.70 Å². The van der Waals surface area contributed by atoms with Gasteiger partial charge in [0.15, 0.2) is 0 Å². The maximum atomic E-state index is 14.0. The molecule has 0 amide bonds. The zero-order valence-electron chi connectivity index (χ0n) is 24.2. The summed E-state index contributed by atoms with van der Waals surface area (Å²) in [4.78, 5) is 9.14. The molecule has 0 aromatic heterocycles. The average molecular weight is 526 g/mol. The van der Waals surface area contributed by atoms with E-state index in [0.29, 0.717) is 12.3 Å². The zero-order valence-corrected chi connectivity index (χ0v) is 24.2. The minimum Gasteiger partial charge on any atom is -0.504 e. The number of allylic oxidation sites excluding steroid dienone is 4. The molecule has 0 bridgehead atoms. The van der Waals surface area contributed by atoms with E-state index in [9.17, 15) is 8.78 Å². The second-order valence-corrected chi connectivity index (χ2v) is 10.2. The van der Waals surface area contributed by atoms with Crippen molar-refractivity contribution in [1.29, 1.82) is 0 Å². The first-order chi connectivity index (χ1) is 18.0. The summed E-state index contributed by atoms with van der Waals surface area (Å²) >= 11 is 0. The highest BCUT2D eigenvalue weighted by atomic mass is 19.3. The highest BCUT2D eigenvalue weighted by Gasteiger charge is 2.28. The number of halogens is 2. The Balaban J connectivity index is 2.10. The largest absolute Gasteiger partial charge is 0.504 e. The molecule has 0 spiro atoms. The third-order valence-electron chi connectivity index (χ3n) is 6.86. The van der Waals surface area contributed by atoms with Gasteiger partial charge in [-0.3, -0.25) is 9.98 Å². The predicted octanol–water partition coefficient (Wildman–Crippen LogP) is 8.77. The van der Waals surface area contributed by atoms with Crippen LogP contribution < -0.4 is 5.32 Å². The molecule has 4 nitrogen and oxygen atoms in total. The quantitative estimate of drug-likeness (QED) is 0.141. The van der Waals surface area contributed by atoms with Gasteiger partial charge < -0.3 is 10.1 Å². The molecule has 1 aromatic carbocycles. The van der Waals surface area contributed by atoms with Crippen LogP contribution in [0.15, 0.2) is 81.9 Å². The lowest BCUT2D eigenvalue weighted by Crippen LogP contribution is -2.18. The lowest BCUT2D eigenvalue weighted by atomic mass is 9.95. The van der Waals surface area contributed by atoms with Gasteiger partial charge in [0.05, 0.1) is 19.1 Å². The number of hydrogen-bond donors (Lipinski definition) is 1. The Morgan fingerprint density at radius 1 is 1.24 bits per heavy atom. The van der Waals surface area contributed by atoms with Crippen LogP contribution in [0.4, 0.5) is 8.78 Å². The minimum absolute atomic E-state index is 0.0564. The van der Waals surface area contributed by atoms with Gasteiger partial charge in [0, 0.05) is 36.7 Å². The van der Waals surface area contributed by atoms with Gasteiger partial charge in [-0.05, 0) is 74.5 Å². The van der Waals surface area contributed by atoms with Crippen LogP contribution >= 0.6 is 0 Å². The zero-order chi connectivity index (χ0) is 28.3. The summed E-state index contributed by atoms with van der Waals surface area (Å²) in [7, 11) is 1.68. The van der Waals surface area contributed by atoms with Gasteiger partial charge in [-0.1, -0.05) is 57.7 Å². The molecule has 0 aliphatic heterocycles. The Labute approximate surface area is 228 Å². The van der Waals surface area contributed by atoms with E-state index in [1.165, 1.54) is 24.5 Å². The summed E-state index contributed by atoms with van der Waals surface area (Å²) < 4.78 is 33.2. The van der Waals surface area contributed by atoms with Crippen LogP contribution in [-0.4, -0.2) is 24.5 Å². The fraction of sp³-hybridized carbons (Fsp3) is 0.500. The Bertz CT molecular complexity index is 1080. The number of benzene rings is 1. The number of nitrogens with zero attached hydrogens (tertiary/aromatic N) is 2. The number of rotatable bonds is 15. The van der Waals surface area contributed by atoms with Gasteiger partial charge in [-0.25, -0.2) is 0 Å². The minimum atomic E-state index is -2.98. The molecule has 0 radical (unpaired) electrons. The van der Waals surface area contributed by atoms with Crippen LogP contribution in [0.2, 0.25) is 0 Å². The molecule has 1 aliphatic carbocycles. The van der Waals surface area contributed by atoms with Crippen molar-refractivity contribution in [2.24, 2.45) is 21.8 Å². The monoisotopic (exact) mass is 525 g/mol. The van der Waals surface area contributed by atoms with E-state index in [1.54, 1.807) is 14.0 Å². The standard InChI is InChI=1S/C32H45F2N3O/c1-9-22(4)31(37-30(11-3)32(7,33)34)27-16-14-26(15-17-27)20-35-24(6)23(5)19-36-29(10-2)28(21-38-8)18-25-12-13-25/h11,14-17,19,21-22,25,35H,6,9-10,12-13,18,20H2,1-5,7-8H3/b23-19-,28-21-,30-11-,36-29-,37-31?. The SMILES string of the molecule is C=C(NCc1ccc(C(=N/C(=C\C)C(C)(F)F)C(C)CC)cc1)\C(C)=C/N=C(CC)\C(=C/OC)CC1CC1. The lowest BCUT2D eigenvalue weighted by molar-refractivity contribution is 0.0619. The molecule has 1 atom stereocenters. The molecule has 2 rings (SSSR count). The van der Waals surface area contributed by atoms with Crippen molar-refractivity contribution >= 4 is 11.4 Å². The molecular weight excluding hydrogens is 480 g/mol. The number of methoxy groups -OCH3 is 1. The molecule has 0 saturated heterocycles. The fourth-order valence-corrected chi connectivity index (χ4v) is 4.00. The third kappa shape index (κ3) is 9.70. The van der Waals surface area contributed by atoms with Crippen molar-refractivity contribution in [1.82, 2.24) is 5.32 Å². The lowest BCUT2D eigenvalue weighted by Gasteiger charge is -2.18. The highest BCUT2D eigenvalue weighted by molar-refractivity contribution is 6.02. The molecule has 1 fully saturated rings. The van der Waals surface area contributed by atoms with Crippen LogP contribution in [0.1, 0.15) is 84.8 Å². The van der Waals surface area contributed by atoms with Gasteiger partial charge in [0.25, 0.3) is 5.92 Å². The van der Waals surface area contributed by atoms with Crippen molar-refractivity contribution in [2.75, 3.05) is 7.11 Å². The summed E-state index contributed by atoms with van der Waals surface area (Å²) in [5, 5.41) is 3.37. The average Bonchev–Trinajstić information content (AvgIpc) is 3.71. The Kier molecular flexibility index (Phi) is 12.1. The van der Waals surface area contributed by atoms with Gasteiger partial charge in [0.2, 0.25) is 0 Å². The van der Waals surface area contributed by atoms with Crippen molar-refractivity contribution in [2.45, 2.75) is 86.1 Å². The number of alkyl halides is 2. The van der Waals surface area contributed by atoms with Crippen LogP contribution in [-0.2, 0) is 11.3 Å². The van der Waals surface area contributed by atoms with Crippen LogP contribution in [0.5, 0.6) is 0 Å². The fourth-order valence-electron chi connectivity index (χ4n) is 4.00. The summed E-state index contributed by atoms with van der Waals surface area (Å²) in [6, 6.07) is 7.91. The van der Waals surface area contributed by atoms with Gasteiger partial charge in [-0.2, -0.15) is 8.78 Å². The second-order valence-electron chi connectivity index (χ2n) is 10.2. The molecule has 1 saturated carbocycles. The molecule has 38 heavy (non-hydrogen) atoms. The number of hydrogen-bond acceptors (Lipinski definition) is 4. The van der Waals surface area contributed by atoms with Crippen molar-refractivity contribution in [3.8, 4) is 0 Å². The normalized spacial score (nSPS) is 16.9. The first-order valence-corrected chi connectivity index (χ1v) is 13.6. The van der Waals surface area contributed by atoms with E-state index in [4.69, 9.17) is 9.73 Å². The molecule has 208 valence electrons. The first kappa shape index (κ1) is 31.2. The molecule has 0 heterocycles. The molecule has 1 aromatic rings. The summed E-state index contributed by atoms with van der Waals surface area (Å²) in [5.41, 5.74) is 6.37. The van der Waals surface area contributed by atoms with Gasteiger partial charge >= 0.3 is 0 Å². The van der Waals surface area contributed by atoms with Crippen molar-refractivity contribution in [3.63, 3.8) is 0 Å². The predicted molar refractivity (Wildman–Crippen MR) is 157 cm³/mol. The Morgan fingerprint density at radius 2 is 1.89 bits per heavy atom. The topological polar surface area (TPSA) is 46.0 Å². The van der Waals surface area contributed by atoms with Gasteiger partial charge in [-0.15, -0.1) is 0 Å². The molecule has 1 N–H and O–H groups in total. The molecule has 1 aliphatic rings. The highest BCUT2D eigenvalue weighted by Crippen LogP contribution is 2.36. The third-order valence-corrected chi connectivity index (χ3v) is 6.86. The summed E-state index contributed by atoms with van der Waals surface area (Å²) in [6.07, 6.45) is 10.3. The van der Waals surface area contributed by atoms with Crippen LogP contribution in [0.25, 0.3) is 0 Å². The van der Waals surface area contributed by atoms with Crippen LogP contribution in [0, 0.1) is 11.8 Å². The number of nitrogens with one attached hydrogen (secondary N) is 1. The number of ether oxygens (including phenoxy) is 1. The first-order valence-electron chi connectivity index (χ1n) is 13.6. The number of aliphatic imine (C=N–C) groups is 2. The molecular formula is C32H45F2N3O. The summed E-state index contributed by atoms with van der Waals surface area (Å²) in [6.45, 7) is 15.4. The maximum absolute atomic E-state index is 14.0. The van der Waals surface area contributed by atoms with E-state index in [2.05, 4.69) is 23.8 Å². The molecule has 1 unspecified atom stereocenters. The van der Waals surface area contributed by atoms with Crippen molar-refractivity contribution in [3.05, 3.63) is 83.0 Å². The Hall–Kier alpha value is -3.02. The van der Waals surface area contributed by atoms with Crippen molar-refractivity contribution < 1.29 is 13.5 Å². The van der Waals surface area contributed by atoms with E-state index in [-0.39, 0.29) is 11.6 Å². The second kappa shape index (κ2) is 14.8. The molecule has 6 heteroatoms. The Morgan fingerprint density at radius 3 is 2.39 bits per heavy atom.